The second-order valence-corrected chi connectivity index (χ2v) is 13.4. The van der Waals surface area contributed by atoms with Gasteiger partial charge in [0.05, 0.1) is 5.57 Å². The third kappa shape index (κ3) is 4.20. The van der Waals surface area contributed by atoms with E-state index in [4.69, 9.17) is 0 Å². The van der Waals surface area contributed by atoms with Crippen molar-refractivity contribution in [1.29, 1.82) is 10.5 Å². The van der Waals surface area contributed by atoms with Gasteiger partial charge in [0, 0.05) is 52.8 Å². The van der Waals surface area contributed by atoms with E-state index in [1.807, 2.05) is 26.0 Å². The van der Waals surface area contributed by atoms with Crippen LogP contribution in [0.2, 0.25) is 0 Å². The number of nitriles is 2. The third-order valence-corrected chi connectivity index (χ3v) is 11.4. The van der Waals surface area contributed by atoms with E-state index in [2.05, 4.69) is 0 Å². The van der Waals surface area contributed by atoms with Gasteiger partial charge in [0.15, 0.2) is 40.6 Å². The van der Waals surface area contributed by atoms with Crippen molar-refractivity contribution in [2.45, 2.75) is 32.1 Å². The number of nitrogens with zero attached hydrogens (tertiary/aromatic N) is 2. The van der Waals surface area contributed by atoms with Gasteiger partial charge in [0.2, 0.25) is 0 Å². The number of rotatable bonds is 4. The minimum absolute atomic E-state index is 0.0239. The Kier molecular flexibility index (Phi) is 6.90. The molecule has 2 aromatic heterocycles. The smallest absolute Gasteiger partial charge is 0.197 e. The minimum Gasteiger partial charge on any atom is -0.289 e. The number of carbonyl (C=O) groups excluding carboxylic acids is 3. The van der Waals surface area contributed by atoms with E-state index < -0.39 is 51.6 Å². The maximum absolute atomic E-state index is 14.2. The molecule has 3 aliphatic rings. The van der Waals surface area contributed by atoms with Gasteiger partial charge in [-0.3, -0.25) is 14.4 Å². The van der Waals surface area contributed by atoms with Gasteiger partial charge in [0.25, 0.3) is 0 Å². The number of fused-ring (bicyclic) bond motifs is 5. The molecule has 0 saturated carbocycles. The van der Waals surface area contributed by atoms with Gasteiger partial charge < -0.3 is 0 Å². The Bertz CT molecular complexity index is 2300. The quantitative estimate of drug-likeness (QED) is 0.0937. The molecule has 0 atom stereocenters. The van der Waals surface area contributed by atoms with Crippen molar-refractivity contribution >= 4 is 57.7 Å². The lowest BCUT2D eigenvalue weighted by atomic mass is 9.75. The molecule has 0 amide bonds. The maximum Gasteiger partial charge on any atom is 0.197 e. The second kappa shape index (κ2) is 10.7. The molecule has 2 aromatic carbocycles. The monoisotopic (exact) mass is 666 g/mol. The van der Waals surface area contributed by atoms with Crippen LogP contribution in [-0.2, 0) is 5.41 Å². The van der Waals surface area contributed by atoms with Gasteiger partial charge in [-0.15, -0.1) is 22.7 Å². The molecule has 0 fully saturated rings. The molecule has 47 heavy (non-hydrogen) atoms. The first-order valence-corrected chi connectivity index (χ1v) is 16.0. The standard InChI is InChI=1S/C36H18F4N2O3S2/c1-3-36(4-2)24-7-16(5-22-30(15(13-41)14-42)18-9-26(37)27(38)10-19(18)31(22)43)46-34(24)35-25(36)8-17(47-35)6-23-32(44)20-11-28(39)29(40)12-21(20)33(23)45/h5-12H,3-4H2,1-2H3/b22-5-. The largest absolute Gasteiger partial charge is 0.289 e. The molecule has 4 aromatic rings. The average molecular weight is 667 g/mol. The summed E-state index contributed by atoms with van der Waals surface area (Å²) in [6, 6.07) is 10.4. The minimum atomic E-state index is -1.22. The lowest BCUT2D eigenvalue weighted by molar-refractivity contribution is 0.0988. The molecule has 0 spiro atoms. The van der Waals surface area contributed by atoms with E-state index in [-0.39, 0.29) is 39.0 Å². The molecule has 0 bridgehead atoms. The second-order valence-electron chi connectivity index (χ2n) is 11.3. The first-order chi connectivity index (χ1) is 22.5. The van der Waals surface area contributed by atoms with Crippen molar-refractivity contribution in [3.05, 3.63) is 120 Å². The fourth-order valence-corrected chi connectivity index (χ4v) is 9.35. The van der Waals surface area contributed by atoms with Crippen LogP contribution in [0.5, 0.6) is 0 Å². The summed E-state index contributed by atoms with van der Waals surface area (Å²) in [6.45, 7) is 4.07. The van der Waals surface area contributed by atoms with E-state index in [0.29, 0.717) is 22.6 Å². The van der Waals surface area contributed by atoms with Gasteiger partial charge >= 0.3 is 0 Å². The van der Waals surface area contributed by atoms with Gasteiger partial charge in [-0.1, -0.05) is 13.8 Å². The molecule has 230 valence electrons. The van der Waals surface area contributed by atoms with Gasteiger partial charge in [0.1, 0.15) is 17.7 Å². The fourth-order valence-electron chi connectivity index (χ4n) is 6.79. The molecule has 0 unspecified atom stereocenters. The first-order valence-electron chi connectivity index (χ1n) is 14.4. The normalized spacial score (nSPS) is 16.3. The summed E-state index contributed by atoms with van der Waals surface area (Å²) in [6.07, 6.45) is 4.35. The summed E-state index contributed by atoms with van der Waals surface area (Å²) in [4.78, 5) is 42.5. The van der Waals surface area contributed by atoms with E-state index in [0.717, 1.165) is 45.1 Å². The zero-order valence-corrected chi connectivity index (χ0v) is 26.1. The fraction of sp³-hybridized carbons (Fsp3) is 0.139. The zero-order chi connectivity index (χ0) is 33.5. The summed E-state index contributed by atoms with van der Waals surface area (Å²) in [5.41, 5.74) is 0.334. The summed E-state index contributed by atoms with van der Waals surface area (Å²) in [5, 5.41) is 19.3. The highest BCUT2D eigenvalue weighted by molar-refractivity contribution is 7.23. The van der Waals surface area contributed by atoms with Gasteiger partial charge in [-0.25, -0.2) is 17.6 Å². The number of hydrogen-bond donors (Lipinski definition) is 0. The maximum atomic E-state index is 14.2. The lowest BCUT2D eigenvalue weighted by Gasteiger charge is -2.28. The molecular formula is C36H18F4N2O3S2. The lowest BCUT2D eigenvalue weighted by Crippen LogP contribution is -2.22. The Morgan fingerprint density at radius 3 is 1.47 bits per heavy atom. The Labute approximate surface area is 273 Å². The average Bonchev–Trinajstić information content (AvgIpc) is 3.82. The molecule has 3 aliphatic carbocycles. The number of thiophene rings is 2. The van der Waals surface area contributed by atoms with E-state index >= 15 is 0 Å². The molecule has 5 nitrogen and oxygen atoms in total. The predicted octanol–water partition coefficient (Wildman–Crippen LogP) is 9.00. The summed E-state index contributed by atoms with van der Waals surface area (Å²) in [5.74, 6) is -6.86. The number of hydrogen-bond acceptors (Lipinski definition) is 7. The van der Waals surface area contributed by atoms with Crippen LogP contribution in [0.25, 0.3) is 27.5 Å². The third-order valence-electron chi connectivity index (χ3n) is 9.12. The van der Waals surface area contributed by atoms with Crippen LogP contribution in [-0.4, -0.2) is 17.3 Å². The Morgan fingerprint density at radius 1 is 0.660 bits per heavy atom. The predicted molar refractivity (Wildman–Crippen MR) is 169 cm³/mol. The number of benzene rings is 2. The number of halogens is 4. The van der Waals surface area contributed by atoms with E-state index in [1.54, 1.807) is 12.1 Å². The van der Waals surface area contributed by atoms with Crippen LogP contribution in [0.15, 0.2) is 53.1 Å². The highest BCUT2D eigenvalue weighted by atomic mass is 32.1. The van der Waals surface area contributed by atoms with Crippen LogP contribution >= 0.6 is 22.7 Å². The summed E-state index contributed by atoms with van der Waals surface area (Å²) >= 11 is 2.71. The molecule has 0 saturated heterocycles. The Morgan fingerprint density at radius 2 is 1.04 bits per heavy atom. The summed E-state index contributed by atoms with van der Waals surface area (Å²) < 4.78 is 56.1. The van der Waals surface area contributed by atoms with Crippen LogP contribution in [0.4, 0.5) is 17.6 Å². The van der Waals surface area contributed by atoms with Gasteiger partial charge in [-0.2, -0.15) is 10.5 Å². The van der Waals surface area contributed by atoms with Crippen LogP contribution in [0, 0.1) is 45.9 Å². The van der Waals surface area contributed by atoms with E-state index in [1.165, 1.54) is 34.8 Å². The number of carbonyl (C=O) groups is 3. The molecule has 0 N–H and O–H groups in total. The number of Topliss-reactive ketones (excluding diaryl/α,β-unsaturated/α-hetero) is 3. The van der Waals surface area contributed by atoms with Crippen molar-refractivity contribution in [1.82, 2.24) is 0 Å². The molecule has 7 rings (SSSR count). The van der Waals surface area contributed by atoms with Crippen LogP contribution < -0.4 is 0 Å². The molecule has 0 aliphatic heterocycles. The first kappa shape index (κ1) is 30.4. The van der Waals surface area contributed by atoms with Crippen molar-refractivity contribution in [2.24, 2.45) is 0 Å². The van der Waals surface area contributed by atoms with Crippen LogP contribution in [0.3, 0.4) is 0 Å². The van der Waals surface area contributed by atoms with Crippen molar-refractivity contribution in [3.8, 4) is 21.9 Å². The molecule has 2 heterocycles. The molecular weight excluding hydrogens is 649 g/mol. The highest BCUT2D eigenvalue weighted by Crippen LogP contribution is 2.59. The topological polar surface area (TPSA) is 98.8 Å². The van der Waals surface area contributed by atoms with Crippen molar-refractivity contribution in [2.75, 3.05) is 0 Å². The zero-order valence-electron chi connectivity index (χ0n) is 24.5. The SMILES string of the molecule is CCC1(CC)c2cc(C=C3C(=O)c4cc(F)c(F)cc4C3=O)sc2-c2sc(/C=C3\C(=O)c4cc(F)c(F)cc4C3=C(C#N)C#N)cc21. The summed E-state index contributed by atoms with van der Waals surface area (Å²) in [7, 11) is 0. The Balaban J connectivity index is 1.34. The van der Waals surface area contributed by atoms with Gasteiger partial charge in [-0.05, 0) is 78.1 Å². The molecule has 0 radical (unpaired) electrons. The number of ketones is 3. The van der Waals surface area contributed by atoms with E-state index in [9.17, 15) is 42.5 Å². The van der Waals surface area contributed by atoms with Crippen molar-refractivity contribution < 1.29 is 31.9 Å². The van der Waals surface area contributed by atoms with Crippen LogP contribution in [0.1, 0.15) is 84.2 Å². The Hall–Kier alpha value is -5.23. The van der Waals surface area contributed by atoms with Crippen molar-refractivity contribution in [3.63, 3.8) is 0 Å². The number of allylic oxidation sites excluding steroid dienone is 4. The highest BCUT2D eigenvalue weighted by Gasteiger charge is 2.44. The molecule has 11 heteroatoms.